The van der Waals surface area contributed by atoms with E-state index in [0.29, 0.717) is 18.1 Å². The van der Waals surface area contributed by atoms with Crippen LogP contribution >= 0.6 is 0 Å². The second-order valence-corrected chi connectivity index (χ2v) is 7.96. The predicted octanol–water partition coefficient (Wildman–Crippen LogP) is 3.74. The van der Waals surface area contributed by atoms with Crippen LogP contribution in [0, 0.1) is 20.8 Å². The van der Waals surface area contributed by atoms with Crippen LogP contribution < -0.4 is 0 Å². The molecule has 0 spiro atoms. The van der Waals surface area contributed by atoms with Gasteiger partial charge in [0.1, 0.15) is 11.5 Å². The van der Waals surface area contributed by atoms with Crippen molar-refractivity contribution in [2.45, 2.75) is 53.0 Å². The Bertz CT molecular complexity index is 1100. The molecule has 7 nitrogen and oxygen atoms in total. The molecule has 1 aliphatic rings. The first-order chi connectivity index (χ1) is 14.4. The van der Waals surface area contributed by atoms with E-state index < -0.39 is 0 Å². The van der Waals surface area contributed by atoms with Gasteiger partial charge >= 0.3 is 0 Å². The Balaban J connectivity index is 1.78. The number of likely N-dealkylation sites (tertiary alicyclic amines) is 1. The molecule has 4 rings (SSSR count). The zero-order valence-electron chi connectivity index (χ0n) is 18.3. The number of carbonyl (C=O) groups excluding carboxylic acids is 1. The van der Waals surface area contributed by atoms with Gasteiger partial charge in [0.15, 0.2) is 0 Å². The van der Waals surface area contributed by atoms with Gasteiger partial charge in [0.25, 0.3) is 5.91 Å². The highest BCUT2D eigenvalue weighted by Crippen LogP contribution is 2.38. The van der Waals surface area contributed by atoms with Gasteiger partial charge in [-0.3, -0.25) is 14.5 Å². The number of carbonyl (C=O) groups is 1. The largest absolute Gasteiger partial charge is 0.329 e. The van der Waals surface area contributed by atoms with Gasteiger partial charge in [0.05, 0.1) is 17.4 Å². The summed E-state index contributed by atoms with van der Waals surface area (Å²) in [6, 6.07) is 1.91. The van der Waals surface area contributed by atoms with Crippen LogP contribution in [0.25, 0.3) is 11.1 Å². The topological polar surface area (TPSA) is 76.8 Å². The van der Waals surface area contributed by atoms with Crippen molar-refractivity contribution in [2.75, 3.05) is 6.54 Å². The lowest BCUT2D eigenvalue weighted by atomic mass is 9.97. The van der Waals surface area contributed by atoms with Gasteiger partial charge in [-0.15, -0.1) is 0 Å². The highest BCUT2D eigenvalue weighted by molar-refractivity contribution is 5.95. The van der Waals surface area contributed by atoms with Crippen molar-refractivity contribution >= 4 is 5.91 Å². The Hall–Kier alpha value is -3.09. The Kier molecular flexibility index (Phi) is 5.37. The fourth-order valence-corrected chi connectivity index (χ4v) is 4.47. The van der Waals surface area contributed by atoms with Gasteiger partial charge in [0.2, 0.25) is 0 Å². The standard InChI is InChI=1S/C23H28N6O/c1-6-19-15(3)22(28(5)27-19)23(30)29-11-7-8-20(29)21-18(13-25-16(4)26-21)17-9-10-24-12-14(17)2/h9-10,12-13,20H,6-8,11H2,1-5H3/t20-/m0/s1. The molecule has 0 bridgehead atoms. The minimum Gasteiger partial charge on any atom is -0.329 e. The van der Waals surface area contributed by atoms with Crippen LogP contribution in [-0.2, 0) is 13.5 Å². The molecule has 0 saturated carbocycles. The van der Waals surface area contributed by atoms with Gasteiger partial charge in [0, 0.05) is 43.3 Å². The van der Waals surface area contributed by atoms with Crippen molar-refractivity contribution in [3.8, 4) is 11.1 Å². The SMILES string of the molecule is CCc1nn(C)c(C(=O)N2CCC[C@H]2c2nc(C)ncc2-c2ccncc2C)c1C. The van der Waals surface area contributed by atoms with Crippen LogP contribution in [0.5, 0.6) is 0 Å². The van der Waals surface area contributed by atoms with E-state index in [1.165, 1.54) is 0 Å². The number of amides is 1. The smallest absolute Gasteiger partial charge is 0.272 e. The number of nitrogens with zero attached hydrogens (tertiary/aromatic N) is 6. The lowest BCUT2D eigenvalue weighted by molar-refractivity contribution is 0.0721. The maximum Gasteiger partial charge on any atom is 0.272 e. The minimum atomic E-state index is -0.0823. The summed E-state index contributed by atoms with van der Waals surface area (Å²) in [5.41, 5.74) is 6.63. The third-order valence-corrected chi connectivity index (χ3v) is 6.00. The predicted molar refractivity (Wildman–Crippen MR) is 115 cm³/mol. The number of pyridine rings is 1. The summed E-state index contributed by atoms with van der Waals surface area (Å²) in [4.78, 5) is 29.1. The molecule has 3 aromatic rings. The molecular formula is C23H28N6O. The lowest BCUT2D eigenvalue weighted by Gasteiger charge is -2.26. The van der Waals surface area contributed by atoms with Gasteiger partial charge in [-0.05, 0) is 57.2 Å². The van der Waals surface area contributed by atoms with E-state index in [1.807, 2.05) is 51.2 Å². The molecule has 1 saturated heterocycles. The quantitative estimate of drug-likeness (QED) is 0.662. The molecule has 30 heavy (non-hydrogen) atoms. The fraction of sp³-hybridized carbons (Fsp3) is 0.435. The first-order valence-corrected chi connectivity index (χ1v) is 10.5. The van der Waals surface area contributed by atoms with Crippen LogP contribution in [0.1, 0.15) is 64.6 Å². The number of aryl methyl sites for hydroxylation is 4. The maximum atomic E-state index is 13.6. The van der Waals surface area contributed by atoms with Crippen LogP contribution in [0.3, 0.4) is 0 Å². The van der Waals surface area contributed by atoms with E-state index in [-0.39, 0.29) is 11.9 Å². The van der Waals surface area contributed by atoms with Crippen molar-refractivity contribution in [1.82, 2.24) is 29.6 Å². The van der Waals surface area contributed by atoms with Crippen molar-refractivity contribution in [3.05, 3.63) is 58.7 Å². The molecule has 0 N–H and O–H groups in total. The van der Waals surface area contributed by atoms with E-state index in [1.54, 1.807) is 10.9 Å². The Morgan fingerprint density at radius 3 is 2.70 bits per heavy atom. The molecule has 0 unspecified atom stereocenters. The van der Waals surface area contributed by atoms with Gasteiger partial charge < -0.3 is 4.90 Å². The van der Waals surface area contributed by atoms with Gasteiger partial charge in [-0.1, -0.05) is 6.92 Å². The van der Waals surface area contributed by atoms with Crippen molar-refractivity contribution in [1.29, 1.82) is 0 Å². The van der Waals surface area contributed by atoms with E-state index in [4.69, 9.17) is 4.98 Å². The normalized spacial score (nSPS) is 16.3. The van der Waals surface area contributed by atoms with E-state index >= 15 is 0 Å². The Labute approximate surface area is 177 Å². The molecular weight excluding hydrogens is 376 g/mol. The third-order valence-electron chi connectivity index (χ3n) is 6.00. The lowest BCUT2D eigenvalue weighted by Crippen LogP contribution is -2.33. The molecule has 4 heterocycles. The van der Waals surface area contributed by atoms with Crippen molar-refractivity contribution in [2.24, 2.45) is 7.05 Å². The second-order valence-electron chi connectivity index (χ2n) is 7.96. The molecule has 7 heteroatoms. The Morgan fingerprint density at radius 1 is 1.20 bits per heavy atom. The fourth-order valence-electron chi connectivity index (χ4n) is 4.47. The average molecular weight is 405 g/mol. The van der Waals surface area contributed by atoms with Crippen LogP contribution in [-0.4, -0.2) is 42.1 Å². The number of hydrogen-bond donors (Lipinski definition) is 0. The maximum absolute atomic E-state index is 13.6. The monoisotopic (exact) mass is 404 g/mol. The summed E-state index contributed by atoms with van der Waals surface area (Å²) in [5.74, 6) is 0.739. The van der Waals surface area contributed by atoms with E-state index in [2.05, 4.69) is 22.0 Å². The molecule has 1 aliphatic heterocycles. The van der Waals surface area contributed by atoms with Crippen molar-refractivity contribution in [3.63, 3.8) is 0 Å². The highest BCUT2D eigenvalue weighted by Gasteiger charge is 2.35. The van der Waals surface area contributed by atoms with E-state index in [0.717, 1.165) is 52.9 Å². The van der Waals surface area contributed by atoms with Gasteiger partial charge in [-0.25, -0.2) is 9.97 Å². The van der Waals surface area contributed by atoms with Crippen LogP contribution in [0.4, 0.5) is 0 Å². The summed E-state index contributed by atoms with van der Waals surface area (Å²) in [5, 5.41) is 4.55. The van der Waals surface area contributed by atoms with Crippen molar-refractivity contribution < 1.29 is 4.79 Å². The summed E-state index contributed by atoms with van der Waals surface area (Å²) < 4.78 is 1.73. The Morgan fingerprint density at radius 2 is 2.00 bits per heavy atom. The summed E-state index contributed by atoms with van der Waals surface area (Å²) in [6.07, 6.45) is 8.16. The molecule has 0 radical (unpaired) electrons. The average Bonchev–Trinajstić information content (AvgIpc) is 3.32. The highest BCUT2D eigenvalue weighted by atomic mass is 16.2. The summed E-state index contributed by atoms with van der Waals surface area (Å²) in [6.45, 7) is 8.70. The minimum absolute atomic E-state index is 0.0263. The molecule has 0 aromatic carbocycles. The van der Waals surface area contributed by atoms with Crippen LogP contribution in [0.15, 0.2) is 24.7 Å². The molecule has 156 valence electrons. The van der Waals surface area contributed by atoms with Crippen LogP contribution in [0.2, 0.25) is 0 Å². The number of rotatable bonds is 4. The first-order valence-electron chi connectivity index (χ1n) is 10.5. The summed E-state index contributed by atoms with van der Waals surface area (Å²) in [7, 11) is 1.85. The molecule has 0 aliphatic carbocycles. The first kappa shape index (κ1) is 20.2. The number of hydrogen-bond acceptors (Lipinski definition) is 5. The molecule has 1 atom stereocenters. The second kappa shape index (κ2) is 7.97. The zero-order valence-corrected chi connectivity index (χ0v) is 18.3. The summed E-state index contributed by atoms with van der Waals surface area (Å²) >= 11 is 0. The van der Waals surface area contributed by atoms with Gasteiger partial charge in [-0.2, -0.15) is 5.10 Å². The third kappa shape index (κ3) is 3.38. The van der Waals surface area contributed by atoms with E-state index in [9.17, 15) is 4.79 Å². The zero-order chi connectivity index (χ0) is 21.4. The molecule has 1 fully saturated rings. The number of aromatic nitrogens is 5. The molecule has 1 amide bonds. The molecule has 3 aromatic heterocycles.